The van der Waals surface area contributed by atoms with E-state index in [4.69, 9.17) is 11.6 Å². The molecule has 0 heterocycles. The molecule has 0 spiro atoms. The summed E-state index contributed by atoms with van der Waals surface area (Å²) in [7, 11) is 1.38. The Morgan fingerprint density at radius 2 is 2.11 bits per heavy atom. The summed E-state index contributed by atoms with van der Waals surface area (Å²) in [5.74, 6) is -0.212. The second kappa shape index (κ2) is 12.5. The minimum Gasteiger partial charge on any atom is -0.469 e. The van der Waals surface area contributed by atoms with Crippen molar-refractivity contribution in [3.63, 3.8) is 0 Å². The lowest BCUT2D eigenvalue weighted by atomic mass is 9.80. The lowest BCUT2D eigenvalue weighted by molar-refractivity contribution is -0.140. The quantitative estimate of drug-likeness (QED) is 0.222. The van der Waals surface area contributed by atoms with Gasteiger partial charge in [0.1, 0.15) is 0 Å². The minimum atomic E-state index is -0.546. The molecule has 4 nitrogen and oxygen atoms in total. The van der Waals surface area contributed by atoms with Crippen molar-refractivity contribution in [1.29, 1.82) is 0 Å². The van der Waals surface area contributed by atoms with E-state index < -0.39 is 12.2 Å². The van der Waals surface area contributed by atoms with Crippen molar-refractivity contribution < 1.29 is 19.7 Å². The third kappa shape index (κ3) is 8.13. The molecular weight excluding hydrogens is 376 g/mol. The Labute approximate surface area is 175 Å². The number of ether oxygens (including phenoxy) is 1. The Kier molecular flexibility index (Phi) is 11.1. The van der Waals surface area contributed by atoms with Gasteiger partial charge in [-0.15, -0.1) is 17.3 Å². The van der Waals surface area contributed by atoms with E-state index >= 15 is 0 Å². The van der Waals surface area contributed by atoms with E-state index in [1.165, 1.54) is 7.11 Å². The van der Waals surface area contributed by atoms with Crippen LogP contribution in [0.2, 0.25) is 0 Å². The number of methoxy groups -OCH3 is 1. The van der Waals surface area contributed by atoms with Gasteiger partial charge in [-0.1, -0.05) is 45.8 Å². The molecule has 160 valence electrons. The summed E-state index contributed by atoms with van der Waals surface area (Å²) in [6, 6.07) is 0. The summed E-state index contributed by atoms with van der Waals surface area (Å²) in [6.07, 6.45) is 11.8. The summed E-state index contributed by atoms with van der Waals surface area (Å²) in [4.78, 5) is 11.1. The van der Waals surface area contributed by atoms with Crippen LogP contribution < -0.4 is 0 Å². The molecule has 0 aliphatic heterocycles. The number of carbonyl (C=O) groups is 1. The molecule has 1 rings (SSSR count). The fraction of sp³-hybridized carbons (Fsp3) is 0.739. The molecule has 2 N–H and O–H groups in total. The van der Waals surface area contributed by atoms with Crippen molar-refractivity contribution in [2.75, 3.05) is 7.11 Å². The van der Waals surface area contributed by atoms with Crippen LogP contribution in [0.3, 0.4) is 0 Å². The first kappa shape index (κ1) is 25.0. The van der Waals surface area contributed by atoms with Crippen LogP contribution in [-0.2, 0) is 9.53 Å². The number of alkyl halides is 1. The van der Waals surface area contributed by atoms with Crippen LogP contribution in [0, 0.1) is 17.3 Å². The van der Waals surface area contributed by atoms with Crippen molar-refractivity contribution in [2.24, 2.45) is 17.3 Å². The molecule has 5 atom stereocenters. The van der Waals surface area contributed by atoms with Gasteiger partial charge in [0.05, 0.1) is 19.3 Å². The SMILES string of the molecule is CCCCC(C)(C)[C@H](O)/C=C/[C@@H]1[C@@H](CC=C=CCCC(=O)OC)[C@H](Cl)C[C@H]1O. The molecule has 0 aromatic rings. The van der Waals surface area contributed by atoms with Gasteiger partial charge in [0, 0.05) is 17.7 Å². The highest BCUT2D eigenvalue weighted by atomic mass is 35.5. The van der Waals surface area contributed by atoms with Gasteiger partial charge in [-0.2, -0.15) is 0 Å². The highest BCUT2D eigenvalue weighted by Gasteiger charge is 2.39. The third-order valence-corrected chi connectivity index (χ3v) is 6.21. The second-order valence-corrected chi connectivity index (χ2v) is 8.97. The number of hydrogen-bond acceptors (Lipinski definition) is 4. The summed E-state index contributed by atoms with van der Waals surface area (Å²) >= 11 is 6.47. The van der Waals surface area contributed by atoms with E-state index in [0.29, 0.717) is 25.7 Å². The van der Waals surface area contributed by atoms with Crippen molar-refractivity contribution in [3.8, 4) is 0 Å². The molecule has 0 aromatic carbocycles. The van der Waals surface area contributed by atoms with E-state index in [2.05, 4.69) is 31.2 Å². The number of aliphatic hydroxyl groups is 2. The lowest BCUT2D eigenvalue weighted by Gasteiger charge is -2.29. The number of hydrogen-bond donors (Lipinski definition) is 2. The molecule has 1 saturated carbocycles. The molecule has 1 fully saturated rings. The first-order valence-corrected chi connectivity index (χ1v) is 10.8. The molecule has 0 saturated heterocycles. The van der Waals surface area contributed by atoms with E-state index in [1.54, 1.807) is 0 Å². The molecule has 1 aliphatic rings. The van der Waals surface area contributed by atoms with Gasteiger partial charge >= 0.3 is 5.97 Å². The average Bonchev–Trinajstić information content (AvgIpc) is 2.93. The zero-order chi connectivity index (χ0) is 21.2. The van der Waals surface area contributed by atoms with Gasteiger partial charge < -0.3 is 14.9 Å². The molecule has 0 unspecified atom stereocenters. The summed E-state index contributed by atoms with van der Waals surface area (Å²) in [5.41, 5.74) is 2.90. The van der Waals surface area contributed by atoms with E-state index in [-0.39, 0.29) is 28.6 Å². The average molecular weight is 413 g/mol. The van der Waals surface area contributed by atoms with E-state index in [0.717, 1.165) is 19.3 Å². The summed E-state index contributed by atoms with van der Waals surface area (Å²) in [6.45, 7) is 6.30. The topological polar surface area (TPSA) is 66.8 Å². The number of esters is 1. The maximum Gasteiger partial charge on any atom is 0.305 e. The second-order valence-electron chi connectivity index (χ2n) is 8.41. The van der Waals surface area contributed by atoms with Crippen molar-refractivity contribution >= 4 is 17.6 Å². The Balaban J connectivity index is 2.67. The van der Waals surface area contributed by atoms with Crippen LogP contribution in [0.15, 0.2) is 30.0 Å². The maximum atomic E-state index is 11.1. The number of allylic oxidation sites excluding steroid dienone is 1. The normalized spacial score (nSPS) is 26.1. The minimum absolute atomic E-state index is 0.0766. The van der Waals surface area contributed by atoms with Crippen molar-refractivity contribution in [2.45, 2.75) is 83.3 Å². The highest BCUT2D eigenvalue weighted by molar-refractivity contribution is 6.21. The Bertz CT molecular complexity index is 563. The number of unbranched alkanes of at least 4 members (excludes halogenated alkanes) is 1. The van der Waals surface area contributed by atoms with Crippen LogP contribution >= 0.6 is 11.6 Å². The molecule has 0 aromatic heterocycles. The van der Waals surface area contributed by atoms with Crippen LogP contribution in [0.1, 0.15) is 65.7 Å². The lowest BCUT2D eigenvalue weighted by Crippen LogP contribution is -2.28. The van der Waals surface area contributed by atoms with Gasteiger partial charge in [0.25, 0.3) is 0 Å². The van der Waals surface area contributed by atoms with Gasteiger partial charge in [-0.3, -0.25) is 4.79 Å². The van der Waals surface area contributed by atoms with Crippen LogP contribution in [-0.4, -0.2) is 40.9 Å². The van der Waals surface area contributed by atoms with Gasteiger partial charge in [0.15, 0.2) is 0 Å². The molecule has 0 bridgehead atoms. The Morgan fingerprint density at radius 3 is 2.75 bits per heavy atom. The molecular formula is C23H37ClO4. The Hall–Kier alpha value is -1.06. The highest BCUT2D eigenvalue weighted by Crippen LogP contribution is 2.40. The predicted molar refractivity (Wildman–Crippen MR) is 114 cm³/mol. The summed E-state index contributed by atoms with van der Waals surface area (Å²) in [5, 5.41) is 20.9. The first-order valence-electron chi connectivity index (χ1n) is 10.4. The predicted octanol–water partition coefficient (Wildman–Crippen LogP) is 4.78. The van der Waals surface area contributed by atoms with Gasteiger partial charge in [0.2, 0.25) is 0 Å². The van der Waals surface area contributed by atoms with Crippen LogP contribution in [0.5, 0.6) is 0 Å². The van der Waals surface area contributed by atoms with E-state index in [1.807, 2.05) is 24.3 Å². The van der Waals surface area contributed by atoms with Crippen LogP contribution in [0.4, 0.5) is 0 Å². The molecule has 0 amide bonds. The van der Waals surface area contributed by atoms with Crippen molar-refractivity contribution in [3.05, 3.63) is 30.0 Å². The summed E-state index contributed by atoms with van der Waals surface area (Å²) < 4.78 is 4.60. The Morgan fingerprint density at radius 1 is 1.39 bits per heavy atom. The molecule has 5 heteroatoms. The molecule has 28 heavy (non-hydrogen) atoms. The first-order chi connectivity index (χ1) is 13.2. The smallest absolute Gasteiger partial charge is 0.305 e. The fourth-order valence-electron chi connectivity index (χ4n) is 3.60. The van der Waals surface area contributed by atoms with Gasteiger partial charge in [-0.05, 0) is 49.2 Å². The van der Waals surface area contributed by atoms with Crippen LogP contribution in [0.25, 0.3) is 0 Å². The standard InChI is InChI=1S/C23H37ClO4/c1-5-6-15-23(2,3)21(26)14-13-18-17(19(24)16-20(18)25)11-9-7-8-10-12-22(27)28-4/h8-9,13-14,17-21,25-26H,5-6,10-12,15-16H2,1-4H3/b14-13+/t7?,17-,18-,19-,20-,21-/m1/s1. The number of halogens is 1. The maximum absolute atomic E-state index is 11.1. The number of aliphatic hydroxyl groups excluding tert-OH is 2. The molecule has 0 radical (unpaired) electrons. The number of carbonyl (C=O) groups excluding carboxylic acids is 1. The van der Waals surface area contributed by atoms with E-state index in [9.17, 15) is 15.0 Å². The van der Waals surface area contributed by atoms with Gasteiger partial charge in [-0.25, -0.2) is 0 Å². The zero-order valence-electron chi connectivity index (χ0n) is 17.7. The number of rotatable bonds is 11. The molecule has 1 aliphatic carbocycles. The fourth-order valence-corrected chi connectivity index (χ4v) is 4.06. The zero-order valence-corrected chi connectivity index (χ0v) is 18.5. The largest absolute Gasteiger partial charge is 0.469 e. The van der Waals surface area contributed by atoms with Crippen molar-refractivity contribution in [1.82, 2.24) is 0 Å². The monoisotopic (exact) mass is 412 g/mol. The third-order valence-electron chi connectivity index (χ3n) is 5.71.